The summed E-state index contributed by atoms with van der Waals surface area (Å²) in [6.45, 7) is 2.68. The highest BCUT2D eigenvalue weighted by Gasteiger charge is 2.27. The van der Waals surface area contributed by atoms with E-state index in [4.69, 9.17) is 5.11 Å². The second-order valence-electron chi connectivity index (χ2n) is 5.43. The van der Waals surface area contributed by atoms with E-state index in [0.29, 0.717) is 18.4 Å². The lowest BCUT2D eigenvalue weighted by Crippen LogP contribution is -2.29. The molecule has 2 N–H and O–H groups in total. The number of aliphatic carboxylic acids is 1. The van der Waals surface area contributed by atoms with Crippen molar-refractivity contribution in [2.75, 3.05) is 6.54 Å². The van der Waals surface area contributed by atoms with Crippen LogP contribution in [0.3, 0.4) is 0 Å². The number of hydrogen-bond donors (Lipinski definition) is 2. The first kappa shape index (κ1) is 15.2. The molecule has 0 aliphatic heterocycles. The van der Waals surface area contributed by atoms with Crippen molar-refractivity contribution in [3.63, 3.8) is 0 Å². The predicted molar refractivity (Wildman–Crippen MR) is 77.3 cm³/mol. The first-order chi connectivity index (χ1) is 9.97. The van der Waals surface area contributed by atoms with Crippen molar-refractivity contribution < 1.29 is 19.1 Å². The molecule has 4 nitrogen and oxygen atoms in total. The molecule has 2 rings (SSSR count). The van der Waals surface area contributed by atoms with E-state index in [1.54, 1.807) is 0 Å². The van der Waals surface area contributed by atoms with Crippen LogP contribution in [0.4, 0.5) is 4.39 Å². The van der Waals surface area contributed by atoms with Gasteiger partial charge in [-0.25, -0.2) is 9.18 Å². The van der Waals surface area contributed by atoms with Crippen molar-refractivity contribution in [1.82, 2.24) is 5.32 Å². The lowest BCUT2D eigenvalue weighted by Gasteiger charge is -2.11. The summed E-state index contributed by atoms with van der Waals surface area (Å²) in [6.07, 6.45) is 4.45. The van der Waals surface area contributed by atoms with E-state index in [2.05, 4.69) is 12.2 Å². The molecule has 112 valence electrons. The number of carbonyl (C=O) groups excluding carboxylic acids is 1. The fourth-order valence-corrected chi connectivity index (χ4v) is 2.15. The number of carboxylic acid groups (broad SMARTS) is 1. The normalized spacial score (nSPS) is 15.9. The van der Waals surface area contributed by atoms with Gasteiger partial charge in [0.25, 0.3) is 5.91 Å². The van der Waals surface area contributed by atoms with Gasteiger partial charge in [0.2, 0.25) is 0 Å². The molecular formula is C16H18FNO3. The number of carbonyl (C=O) groups is 2. The number of nitrogens with one attached hydrogen (secondary N) is 1. The van der Waals surface area contributed by atoms with E-state index in [9.17, 15) is 14.0 Å². The van der Waals surface area contributed by atoms with E-state index in [-0.39, 0.29) is 17.0 Å². The molecule has 0 bridgehead atoms. The lowest BCUT2D eigenvalue weighted by molar-refractivity contribution is -0.131. The largest absolute Gasteiger partial charge is 0.478 e. The van der Waals surface area contributed by atoms with Gasteiger partial charge in [0.1, 0.15) is 5.82 Å². The van der Waals surface area contributed by atoms with Crippen molar-refractivity contribution >= 4 is 18.0 Å². The van der Waals surface area contributed by atoms with Gasteiger partial charge < -0.3 is 10.4 Å². The smallest absolute Gasteiger partial charge is 0.328 e. The first-order valence-electron chi connectivity index (χ1n) is 6.96. The van der Waals surface area contributed by atoms with Crippen LogP contribution in [0.15, 0.2) is 24.3 Å². The van der Waals surface area contributed by atoms with Crippen LogP contribution in [0.2, 0.25) is 0 Å². The van der Waals surface area contributed by atoms with Gasteiger partial charge in [-0.2, -0.15) is 0 Å². The van der Waals surface area contributed by atoms with Gasteiger partial charge >= 0.3 is 5.97 Å². The molecule has 1 amide bonds. The Labute approximate surface area is 122 Å². The highest BCUT2D eigenvalue weighted by Crippen LogP contribution is 2.36. The summed E-state index contributed by atoms with van der Waals surface area (Å²) in [5, 5.41) is 11.3. The zero-order valence-corrected chi connectivity index (χ0v) is 11.8. The van der Waals surface area contributed by atoms with E-state index in [1.165, 1.54) is 25.0 Å². The lowest BCUT2D eigenvalue weighted by atomic mass is 10.1. The molecule has 5 heteroatoms. The minimum absolute atomic E-state index is 0.139. The zero-order chi connectivity index (χ0) is 15.4. The molecular weight excluding hydrogens is 273 g/mol. The fourth-order valence-electron chi connectivity index (χ4n) is 2.15. The van der Waals surface area contributed by atoms with Gasteiger partial charge in [0, 0.05) is 23.7 Å². The van der Waals surface area contributed by atoms with E-state index >= 15 is 0 Å². The van der Waals surface area contributed by atoms with Crippen molar-refractivity contribution in [1.29, 1.82) is 0 Å². The summed E-state index contributed by atoms with van der Waals surface area (Å²) in [7, 11) is 0. The van der Waals surface area contributed by atoms with Gasteiger partial charge in [-0.15, -0.1) is 0 Å². The Hall–Kier alpha value is -2.17. The first-order valence-corrected chi connectivity index (χ1v) is 6.96. The molecule has 1 unspecified atom stereocenters. The van der Waals surface area contributed by atoms with Crippen molar-refractivity contribution in [2.45, 2.75) is 19.8 Å². The molecule has 1 saturated carbocycles. The van der Waals surface area contributed by atoms with Crippen LogP contribution in [0.1, 0.15) is 35.7 Å². The summed E-state index contributed by atoms with van der Waals surface area (Å²) in [6, 6.07) is 4.01. The molecule has 1 fully saturated rings. The van der Waals surface area contributed by atoms with Crippen molar-refractivity contribution in [3.05, 3.63) is 41.2 Å². The Bertz CT molecular complexity index is 579. The minimum atomic E-state index is -1.15. The summed E-state index contributed by atoms with van der Waals surface area (Å²) in [5.41, 5.74) is 0.378. The van der Waals surface area contributed by atoms with E-state index < -0.39 is 11.8 Å². The average molecular weight is 291 g/mol. The number of benzene rings is 1. The van der Waals surface area contributed by atoms with Gasteiger partial charge in [-0.1, -0.05) is 13.0 Å². The van der Waals surface area contributed by atoms with Gasteiger partial charge in [0.05, 0.1) is 0 Å². The van der Waals surface area contributed by atoms with Crippen LogP contribution < -0.4 is 5.32 Å². The summed E-state index contributed by atoms with van der Waals surface area (Å²) in [5.74, 6) is -0.932. The molecule has 0 aromatic heterocycles. The number of rotatable bonds is 6. The van der Waals surface area contributed by atoms with Gasteiger partial charge in [-0.3, -0.25) is 4.79 Å². The fraction of sp³-hybridized carbons (Fsp3) is 0.375. The monoisotopic (exact) mass is 291 g/mol. The van der Waals surface area contributed by atoms with Crippen molar-refractivity contribution in [2.24, 2.45) is 11.8 Å². The van der Waals surface area contributed by atoms with Crippen LogP contribution >= 0.6 is 0 Å². The summed E-state index contributed by atoms with van der Waals surface area (Å²) in [4.78, 5) is 22.3. The van der Waals surface area contributed by atoms with Crippen molar-refractivity contribution in [3.8, 4) is 0 Å². The predicted octanol–water partition coefficient (Wildman–Crippen LogP) is 2.70. The average Bonchev–Trinajstić information content (AvgIpc) is 3.27. The SMILES string of the molecule is CC(CNC(=O)c1ccc(/C=C/C(=O)O)c(F)c1)C1CC1. The van der Waals surface area contributed by atoms with Crippen LogP contribution in [-0.2, 0) is 4.79 Å². The Morgan fingerprint density at radius 1 is 1.48 bits per heavy atom. The summed E-state index contributed by atoms with van der Waals surface area (Å²) >= 11 is 0. The van der Waals surface area contributed by atoms with Gasteiger partial charge in [0.15, 0.2) is 0 Å². The zero-order valence-electron chi connectivity index (χ0n) is 11.8. The quantitative estimate of drug-likeness (QED) is 0.792. The topological polar surface area (TPSA) is 66.4 Å². The molecule has 1 atom stereocenters. The molecule has 1 aliphatic rings. The van der Waals surface area contributed by atoms with Crippen LogP contribution in [0, 0.1) is 17.7 Å². The highest BCUT2D eigenvalue weighted by molar-refractivity contribution is 5.94. The van der Waals surface area contributed by atoms with Crippen LogP contribution in [0.25, 0.3) is 6.08 Å². The molecule has 0 saturated heterocycles. The van der Waals surface area contributed by atoms with Crippen LogP contribution in [-0.4, -0.2) is 23.5 Å². The second-order valence-corrected chi connectivity index (χ2v) is 5.43. The Balaban J connectivity index is 1.97. The molecule has 1 aromatic carbocycles. The molecule has 1 aliphatic carbocycles. The van der Waals surface area contributed by atoms with E-state index in [1.807, 2.05) is 0 Å². The van der Waals surface area contributed by atoms with E-state index in [0.717, 1.165) is 18.2 Å². The summed E-state index contributed by atoms with van der Waals surface area (Å²) < 4.78 is 13.8. The Morgan fingerprint density at radius 2 is 2.19 bits per heavy atom. The van der Waals surface area contributed by atoms with Gasteiger partial charge in [-0.05, 0) is 42.9 Å². The third-order valence-electron chi connectivity index (χ3n) is 3.68. The Kier molecular flexibility index (Phi) is 4.73. The maximum absolute atomic E-state index is 13.8. The maximum atomic E-state index is 13.8. The minimum Gasteiger partial charge on any atom is -0.478 e. The molecule has 0 radical (unpaired) electrons. The molecule has 21 heavy (non-hydrogen) atoms. The molecule has 0 heterocycles. The second kappa shape index (κ2) is 6.52. The van der Waals surface area contributed by atoms with Crippen LogP contribution in [0.5, 0.6) is 0 Å². The number of hydrogen-bond acceptors (Lipinski definition) is 2. The number of amides is 1. The Morgan fingerprint density at radius 3 is 2.76 bits per heavy atom. The molecule has 1 aromatic rings. The number of carboxylic acids is 1. The number of halogens is 1. The third-order valence-corrected chi connectivity index (χ3v) is 3.68. The third kappa shape index (κ3) is 4.41. The maximum Gasteiger partial charge on any atom is 0.328 e. The standard InChI is InChI=1S/C16H18FNO3/c1-10(11-2-3-11)9-18-16(21)13-5-4-12(14(17)8-13)6-7-15(19)20/h4-8,10-11H,2-3,9H2,1H3,(H,18,21)(H,19,20)/b7-6+. The molecule has 0 spiro atoms. The highest BCUT2D eigenvalue weighted by atomic mass is 19.1.